The van der Waals surface area contributed by atoms with Gasteiger partial charge in [-0.3, -0.25) is 4.79 Å². The van der Waals surface area contributed by atoms with Gasteiger partial charge in [0, 0.05) is 13.1 Å². The first-order valence-corrected chi connectivity index (χ1v) is 9.52. The Labute approximate surface area is 140 Å². The van der Waals surface area contributed by atoms with E-state index in [1.807, 2.05) is 24.3 Å². The van der Waals surface area contributed by atoms with Crippen molar-refractivity contribution < 1.29 is 13.2 Å². The normalized spacial score (nSPS) is 14.5. The quantitative estimate of drug-likeness (QED) is 0.761. The predicted octanol–water partition coefficient (Wildman–Crippen LogP) is 0.592. The van der Waals surface area contributed by atoms with E-state index in [9.17, 15) is 13.2 Å². The first-order chi connectivity index (χ1) is 11.4. The maximum absolute atomic E-state index is 12.3. The zero-order valence-electron chi connectivity index (χ0n) is 13.3. The molecule has 3 rings (SSSR count). The summed E-state index contributed by atoms with van der Waals surface area (Å²) < 4.78 is 26.4. The van der Waals surface area contributed by atoms with Gasteiger partial charge in [0.05, 0.1) is 18.5 Å². The van der Waals surface area contributed by atoms with E-state index in [0.717, 1.165) is 30.2 Å². The first kappa shape index (κ1) is 16.6. The highest BCUT2D eigenvalue weighted by atomic mass is 32.2. The Bertz CT molecular complexity index is 842. The molecule has 1 heterocycles. The van der Waals surface area contributed by atoms with Crippen LogP contribution in [0, 0.1) is 0 Å². The van der Waals surface area contributed by atoms with Crippen molar-refractivity contribution in [2.45, 2.75) is 32.0 Å². The first-order valence-electron chi connectivity index (χ1n) is 7.63. The largest absolute Gasteiger partial charge is 0.347 e. The highest BCUT2D eigenvalue weighted by molar-refractivity contribution is 7.88. The number of aromatic nitrogens is 3. The number of sulfonamides is 1. The number of carbonyl (C=O) groups excluding carboxylic acids is 1. The summed E-state index contributed by atoms with van der Waals surface area (Å²) in [7, 11) is -3.23. The second-order valence-corrected chi connectivity index (χ2v) is 7.72. The van der Waals surface area contributed by atoms with Gasteiger partial charge in [-0.1, -0.05) is 29.5 Å². The van der Waals surface area contributed by atoms with Crippen LogP contribution in [0.1, 0.15) is 40.5 Å². The van der Waals surface area contributed by atoms with Crippen molar-refractivity contribution >= 4 is 15.9 Å². The van der Waals surface area contributed by atoms with E-state index in [1.54, 1.807) is 4.68 Å². The fourth-order valence-electron chi connectivity index (χ4n) is 2.33. The molecule has 9 heteroatoms. The molecule has 128 valence electrons. The van der Waals surface area contributed by atoms with Crippen LogP contribution in [-0.2, 0) is 23.1 Å². The molecule has 0 unspecified atom stereocenters. The summed E-state index contributed by atoms with van der Waals surface area (Å²) in [6, 6.07) is 7.68. The van der Waals surface area contributed by atoms with Crippen LogP contribution in [-0.4, -0.2) is 35.6 Å². The molecule has 1 aromatic heterocycles. The van der Waals surface area contributed by atoms with Crippen LogP contribution in [0.4, 0.5) is 0 Å². The van der Waals surface area contributed by atoms with Gasteiger partial charge in [-0.05, 0) is 24.0 Å². The summed E-state index contributed by atoms with van der Waals surface area (Å²) in [4.78, 5) is 12.3. The molecule has 0 radical (unpaired) electrons. The zero-order chi connectivity index (χ0) is 17.2. The summed E-state index contributed by atoms with van der Waals surface area (Å²) >= 11 is 0. The lowest BCUT2D eigenvalue weighted by molar-refractivity contribution is 0.0939. The third-order valence-corrected chi connectivity index (χ3v) is 4.35. The highest BCUT2D eigenvalue weighted by Crippen LogP contribution is 2.34. The SMILES string of the molecule is CS(=O)(=O)NCc1cccc(CNC(=O)c2cnnn2C2CC2)c1. The number of amides is 1. The topological polar surface area (TPSA) is 106 Å². The second-order valence-electron chi connectivity index (χ2n) is 5.89. The second kappa shape index (κ2) is 6.70. The number of hydrogen-bond acceptors (Lipinski definition) is 5. The van der Waals surface area contributed by atoms with Crippen LogP contribution in [0.5, 0.6) is 0 Å². The smallest absolute Gasteiger partial charge is 0.271 e. The van der Waals surface area contributed by atoms with Gasteiger partial charge < -0.3 is 5.32 Å². The number of rotatable bonds is 7. The summed E-state index contributed by atoms with van der Waals surface area (Å²) in [6.45, 7) is 0.570. The molecule has 24 heavy (non-hydrogen) atoms. The minimum atomic E-state index is -3.23. The fraction of sp³-hybridized carbons (Fsp3) is 0.400. The van der Waals surface area contributed by atoms with Gasteiger partial charge >= 0.3 is 0 Å². The molecule has 0 aliphatic heterocycles. The average Bonchev–Trinajstić information content (AvgIpc) is 3.27. The number of nitrogens with zero attached hydrogens (tertiary/aromatic N) is 3. The van der Waals surface area contributed by atoms with E-state index < -0.39 is 10.0 Å². The monoisotopic (exact) mass is 349 g/mol. The van der Waals surface area contributed by atoms with Gasteiger partial charge in [-0.2, -0.15) is 0 Å². The third-order valence-electron chi connectivity index (χ3n) is 3.68. The molecule has 0 atom stereocenters. The molecule has 1 amide bonds. The lowest BCUT2D eigenvalue weighted by atomic mass is 10.1. The Morgan fingerprint density at radius 2 is 2.00 bits per heavy atom. The Hall–Kier alpha value is -2.26. The Morgan fingerprint density at radius 1 is 1.29 bits per heavy atom. The Morgan fingerprint density at radius 3 is 2.67 bits per heavy atom. The van der Waals surface area contributed by atoms with Crippen molar-refractivity contribution in [1.82, 2.24) is 25.0 Å². The van der Waals surface area contributed by atoms with Crippen molar-refractivity contribution in [3.05, 3.63) is 47.3 Å². The van der Waals surface area contributed by atoms with Gasteiger partial charge in [0.25, 0.3) is 5.91 Å². The highest BCUT2D eigenvalue weighted by Gasteiger charge is 2.28. The summed E-state index contributed by atoms with van der Waals surface area (Å²) in [5.74, 6) is -0.216. The molecule has 1 fully saturated rings. The van der Waals surface area contributed by atoms with Crippen molar-refractivity contribution in [1.29, 1.82) is 0 Å². The van der Waals surface area contributed by atoms with Crippen LogP contribution in [0.3, 0.4) is 0 Å². The molecule has 0 spiro atoms. The van der Waals surface area contributed by atoms with Gasteiger partial charge in [0.2, 0.25) is 10.0 Å². The van der Waals surface area contributed by atoms with Crippen molar-refractivity contribution in [2.24, 2.45) is 0 Å². The Balaban J connectivity index is 1.60. The molecule has 1 saturated carbocycles. The summed E-state index contributed by atoms with van der Waals surface area (Å²) in [5, 5.41) is 10.6. The van der Waals surface area contributed by atoms with Crippen LogP contribution in [0.15, 0.2) is 30.5 Å². The number of carbonyl (C=O) groups is 1. The summed E-state index contributed by atoms with van der Waals surface area (Å²) in [6.07, 6.45) is 4.65. The van der Waals surface area contributed by atoms with Crippen LogP contribution in [0.2, 0.25) is 0 Å². The molecule has 1 aliphatic rings. The van der Waals surface area contributed by atoms with E-state index >= 15 is 0 Å². The van der Waals surface area contributed by atoms with Crippen molar-refractivity contribution in [2.75, 3.05) is 6.26 Å². The molecular formula is C15H19N5O3S. The molecule has 1 aliphatic carbocycles. The van der Waals surface area contributed by atoms with E-state index in [2.05, 4.69) is 20.4 Å². The Kier molecular flexibility index (Phi) is 4.63. The van der Waals surface area contributed by atoms with E-state index in [0.29, 0.717) is 18.3 Å². The standard InChI is InChI=1S/C15H19N5O3S/c1-24(22,23)18-9-12-4-2-3-11(7-12)8-16-15(21)14-10-17-19-20(14)13-5-6-13/h2-4,7,10,13,18H,5-6,8-9H2,1H3,(H,16,21). The maximum atomic E-state index is 12.3. The minimum absolute atomic E-state index is 0.216. The number of hydrogen-bond donors (Lipinski definition) is 2. The van der Waals surface area contributed by atoms with Crippen LogP contribution >= 0.6 is 0 Å². The molecule has 2 aromatic rings. The number of nitrogens with one attached hydrogen (secondary N) is 2. The molecule has 1 aromatic carbocycles. The lowest BCUT2D eigenvalue weighted by Gasteiger charge is -2.08. The fourth-order valence-corrected chi connectivity index (χ4v) is 2.76. The molecule has 2 N–H and O–H groups in total. The van der Waals surface area contributed by atoms with Crippen molar-refractivity contribution in [3.63, 3.8) is 0 Å². The molecule has 8 nitrogen and oxygen atoms in total. The predicted molar refractivity (Wildman–Crippen MR) is 87.6 cm³/mol. The zero-order valence-corrected chi connectivity index (χ0v) is 14.1. The molecule has 0 bridgehead atoms. The third kappa shape index (κ3) is 4.39. The molecule has 0 saturated heterocycles. The minimum Gasteiger partial charge on any atom is -0.347 e. The summed E-state index contributed by atoms with van der Waals surface area (Å²) in [5.41, 5.74) is 2.19. The average molecular weight is 349 g/mol. The van der Waals surface area contributed by atoms with Crippen LogP contribution < -0.4 is 10.0 Å². The van der Waals surface area contributed by atoms with E-state index in [4.69, 9.17) is 0 Å². The lowest BCUT2D eigenvalue weighted by Crippen LogP contribution is -2.26. The van der Waals surface area contributed by atoms with Gasteiger partial charge in [0.1, 0.15) is 5.69 Å². The van der Waals surface area contributed by atoms with Crippen molar-refractivity contribution in [3.8, 4) is 0 Å². The van der Waals surface area contributed by atoms with Gasteiger partial charge in [-0.15, -0.1) is 5.10 Å². The van der Waals surface area contributed by atoms with E-state index in [-0.39, 0.29) is 12.5 Å². The van der Waals surface area contributed by atoms with E-state index in [1.165, 1.54) is 6.20 Å². The van der Waals surface area contributed by atoms with Gasteiger partial charge in [0.15, 0.2) is 0 Å². The van der Waals surface area contributed by atoms with Gasteiger partial charge in [-0.25, -0.2) is 17.8 Å². The maximum Gasteiger partial charge on any atom is 0.271 e. The molecular weight excluding hydrogens is 330 g/mol. The number of benzene rings is 1. The van der Waals surface area contributed by atoms with Crippen LogP contribution in [0.25, 0.3) is 0 Å².